The van der Waals surface area contributed by atoms with E-state index in [4.69, 9.17) is 11.6 Å². The Labute approximate surface area is 126 Å². The van der Waals surface area contributed by atoms with Crippen molar-refractivity contribution in [1.29, 1.82) is 0 Å². The minimum absolute atomic E-state index is 0.156. The van der Waals surface area contributed by atoms with Crippen LogP contribution in [-0.2, 0) is 13.0 Å². The Hall–Kier alpha value is -2.40. The molecule has 0 aliphatic carbocycles. The molecule has 3 aromatic rings. The van der Waals surface area contributed by atoms with Crippen LogP contribution < -0.4 is 10.2 Å². The summed E-state index contributed by atoms with van der Waals surface area (Å²) in [7, 11) is 0. The summed E-state index contributed by atoms with van der Waals surface area (Å²) < 4.78 is 3.43. The highest BCUT2D eigenvalue weighted by molar-refractivity contribution is 6.29. The zero-order valence-corrected chi connectivity index (χ0v) is 12.0. The fourth-order valence-corrected chi connectivity index (χ4v) is 2.42. The number of fused-ring (bicyclic) bond motifs is 1. The molecule has 0 aliphatic heterocycles. The summed E-state index contributed by atoms with van der Waals surface area (Å²) in [5.41, 5.74) is 2.64. The van der Waals surface area contributed by atoms with E-state index in [0.717, 1.165) is 16.9 Å². The fourth-order valence-electron chi connectivity index (χ4n) is 2.30. The summed E-state index contributed by atoms with van der Waals surface area (Å²) in [5.74, 6) is 0. The fraction of sp³-hybridized carbons (Fsp3) is 0.133. The van der Waals surface area contributed by atoms with Crippen LogP contribution in [0, 0.1) is 0 Å². The molecule has 3 heterocycles. The van der Waals surface area contributed by atoms with Gasteiger partial charge in [0.15, 0.2) is 0 Å². The molecule has 21 heavy (non-hydrogen) atoms. The minimum atomic E-state index is -0.156. The topological polar surface area (TPSA) is 54.8 Å². The lowest BCUT2D eigenvalue weighted by molar-refractivity contribution is -0.587. The van der Waals surface area contributed by atoms with Gasteiger partial charge < -0.3 is 0 Å². The van der Waals surface area contributed by atoms with Gasteiger partial charge in [0.05, 0.1) is 0 Å². The van der Waals surface area contributed by atoms with E-state index >= 15 is 0 Å². The second-order valence-corrected chi connectivity index (χ2v) is 5.08. The molecule has 6 heteroatoms. The first-order chi connectivity index (χ1) is 10.2. The Kier molecular flexibility index (Phi) is 3.58. The molecular weight excluding hydrogens is 288 g/mol. The first kappa shape index (κ1) is 13.6. The van der Waals surface area contributed by atoms with Gasteiger partial charge >= 0.3 is 11.3 Å². The Morgan fingerprint density at radius 2 is 2.24 bits per heavy atom. The van der Waals surface area contributed by atoms with Crippen LogP contribution in [0.5, 0.6) is 0 Å². The predicted octanol–water partition coefficient (Wildman–Crippen LogP) is 1.74. The molecule has 1 N–H and O–H groups in total. The van der Waals surface area contributed by atoms with Gasteiger partial charge in [-0.25, -0.2) is 9.78 Å². The normalized spacial score (nSPS) is 10.9. The molecule has 0 bridgehead atoms. The minimum Gasteiger partial charge on any atom is -0.244 e. The van der Waals surface area contributed by atoms with Crippen LogP contribution >= 0.6 is 11.6 Å². The monoisotopic (exact) mass is 301 g/mol. The summed E-state index contributed by atoms with van der Waals surface area (Å²) in [5, 5.41) is 3.31. The van der Waals surface area contributed by atoms with Gasteiger partial charge in [0.25, 0.3) is 0 Å². The number of aromatic amines is 1. The Morgan fingerprint density at radius 1 is 1.38 bits per heavy atom. The first-order valence-electron chi connectivity index (χ1n) is 6.53. The third-order valence-electron chi connectivity index (χ3n) is 3.26. The third kappa shape index (κ3) is 2.60. The number of allylic oxidation sites excluding steroid dienone is 1. The lowest BCUT2D eigenvalue weighted by Crippen LogP contribution is -2.31. The SMILES string of the molecule is C=CCn1c(=O)[nH][n+]2c(Cc3ccc(Cl)nc3)cccc12. The van der Waals surface area contributed by atoms with Crippen LogP contribution in [0.1, 0.15) is 11.3 Å². The summed E-state index contributed by atoms with van der Waals surface area (Å²) in [6, 6.07) is 9.47. The van der Waals surface area contributed by atoms with Gasteiger partial charge in [0, 0.05) is 18.7 Å². The van der Waals surface area contributed by atoms with Crippen molar-refractivity contribution in [3.05, 3.63) is 76.1 Å². The van der Waals surface area contributed by atoms with Gasteiger partial charge in [-0.1, -0.05) is 36.4 Å². The van der Waals surface area contributed by atoms with Gasteiger partial charge in [0.1, 0.15) is 17.4 Å². The predicted molar refractivity (Wildman–Crippen MR) is 80.5 cm³/mol. The van der Waals surface area contributed by atoms with Crippen molar-refractivity contribution in [2.75, 3.05) is 0 Å². The molecule has 3 aromatic heterocycles. The molecule has 5 nitrogen and oxygen atoms in total. The van der Waals surface area contributed by atoms with Crippen LogP contribution in [0.3, 0.4) is 0 Å². The number of H-pyrrole nitrogens is 1. The lowest BCUT2D eigenvalue weighted by atomic mass is 10.1. The molecule has 3 rings (SSSR count). The zero-order chi connectivity index (χ0) is 14.8. The van der Waals surface area contributed by atoms with Gasteiger partial charge in [-0.05, 0) is 17.7 Å². The summed E-state index contributed by atoms with van der Waals surface area (Å²) in [4.78, 5) is 16.1. The molecule has 0 saturated carbocycles. The van der Waals surface area contributed by atoms with E-state index in [1.807, 2.05) is 24.3 Å². The van der Waals surface area contributed by atoms with Gasteiger partial charge in [-0.15, -0.1) is 4.52 Å². The van der Waals surface area contributed by atoms with Gasteiger partial charge in [-0.2, -0.15) is 9.67 Å². The molecular formula is C15H14ClN4O+. The highest BCUT2D eigenvalue weighted by atomic mass is 35.5. The van der Waals surface area contributed by atoms with Gasteiger partial charge in [0.2, 0.25) is 0 Å². The molecule has 0 spiro atoms. The molecule has 0 atom stereocenters. The largest absolute Gasteiger partial charge is 0.444 e. The van der Waals surface area contributed by atoms with Crippen molar-refractivity contribution >= 4 is 17.2 Å². The average Bonchev–Trinajstić information content (AvgIpc) is 2.80. The number of aromatic nitrogens is 4. The Morgan fingerprint density at radius 3 is 2.95 bits per heavy atom. The molecule has 0 amide bonds. The molecule has 0 unspecified atom stereocenters. The maximum atomic E-state index is 12.0. The van der Waals surface area contributed by atoms with E-state index in [2.05, 4.69) is 16.7 Å². The number of hydrogen-bond donors (Lipinski definition) is 1. The van der Waals surface area contributed by atoms with Crippen LogP contribution in [-0.4, -0.2) is 14.6 Å². The Balaban J connectivity index is 2.07. The van der Waals surface area contributed by atoms with Crippen molar-refractivity contribution in [1.82, 2.24) is 14.6 Å². The van der Waals surface area contributed by atoms with Crippen molar-refractivity contribution in [3.63, 3.8) is 0 Å². The summed E-state index contributed by atoms with van der Waals surface area (Å²) in [6.45, 7) is 4.15. The van der Waals surface area contributed by atoms with Crippen LogP contribution in [0.15, 0.2) is 54.0 Å². The average molecular weight is 302 g/mol. The van der Waals surface area contributed by atoms with E-state index in [0.29, 0.717) is 18.1 Å². The number of hydrogen-bond acceptors (Lipinski definition) is 2. The Bertz CT molecular complexity index is 848. The number of pyridine rings is 2. The van der Waals surface area contributed by atoms with E-state index in [-0.39, 0.29) is 5.69 Å². The van der Waals surface area contributed by atoms with E-state index in [1.165, 1.54) is 0 Å². The maximum Gasteiger partial charge on any atom is 0.444 e. The smallest absolute Gasteiger partial charge is 0.244 e. The number of nitrogens with one attached hydrogen (secondary N) is 1. The molecule has 0 aliphatic rings. The van der Waals surface area contributed by atoms with E-state index < -0.39 is 0 Å². The van der Waals surface area contributed by atoms with Crippen molar-refractivity contribution in [2.45, 2.75) is 13.0 Å². The van der Waals surface area contributed by atoms with Crippen molar-refractivity contribution in [3.8, 4) is 0 Å². The second-order valence-electron chi connectivity index (χ2n) is 4.69. The highest BCUT2D eigenvalue weighted by Crippen LogP contribution is 2.09. The van der Waals surface area contributed by atoms with E-state index in [9.17, 15) is 4.79 Å². The molecule has 0 fully saturated rings. The van der Waals surface area contributed by atoms with Crippen molar-refractivity contribution < 1.29 is 4.52 Å². The standard InChI is InChI=1S/C15H13ClN4O/c1-2-8-19-14-5-3-4-12(20(14)18-15(19)21)9-11-6-7-13(16)17-10-11/h2-7,10H,1,8-9H2/p+1. The first-order valence-corrected chi connectivity index (χ1v) is 6.90. The molecule has 106 valence electrons. The number of halogens is 1. The maximum absolute atomic E-state index is 12.0. The number of rotatable bonds is 4. The summed E-state index contributed by atoms with van der Waals surface area (Å²) >= 11 is 5.79. The zero-order valence-electron chi connectivity index (χ0n) is 11.3. The van der Waals surface area contributed by atoms with Gasteiger partial charge in [-0.3, -0.25) is 0 Å². The third-order valence-corrected chi connectivity index (χ3v) is 3.49. The second kappa shape index (κ2) is 5.54. The number of nitrogens with zero attached hydrogens (tertiary/aromatic N) is 3. The lowest BCUT2D eigenvalue weighted by Gasteiger charge is -2.00. The van der Waals surface area contributed by atoms with Crippen LogP contribution in [0.25, 0.3) is 5.65 Å². The van der Waals surface area contributed by atoms with Crippen molar-refractivity contribution in [2.24, 2.45) is 0 Å². The quantitative estimate of drug-likeness (QED) is 0.453. The summed E-state index contributed by atoms with van der Waals surface area (Å²) in [6.07, 6.45) is 4.09. The van der Waals surface area contributed by atoms with Crippen LogP contribution in [0.2, 0.25) is 5.15 Å². The van der Waals surface area contributed by atoms with Crippen LogP contribution in [0.4, 0.5) is 0 Å². The molecule has 0 aromatic carbocycles. The van der Waals surface area contributed by atoms with E-state index in [1.54, 1.807) is 27.4 Å². The molecule has 0 radical (unpaired) electrons. The highest BCUT2D eigenvalue weighted by Gasteiger charge is 2.17. The molecule has 0 saturated heterocycles.